The Labute approximate surface area is 151 Å². The fourth-order valence-corrected chi connectivity index (χ4v) is 3.33. The van der Waals surface area contributed by atoms with Crippen LogP contribution in [-0.4, -0.2) is 10.9 Å². The van der Waals surface area contributed by atoms with E-state index in [1.807, 2.05) is 48.5 Å². The van der Waals surface area contributed by atoms with E-state index in [1.54, 1.807) is 18.3 Å². The molecule has 0 unspecified atom stereocenters. The third-order valence-electron chi connectivity index (χ3n) is 4.83. The van der Waals surface area contributed by atoms with Gasteiger partial charge in [-0.15, -0.1) is 0 Å². The Morgan fingerprint density at radius 3 is 2.42 bits per heavy atom. The summed E-state index contributed by atoms with van der Waals surface area (Å²) in [5, 5.41) is 3.15. The van der Waals surface area contributed by atoms with E-state index in [4.69, 9.17) is 0 Å². The molecule has 0 radical (unpaired) electrons. The highest BCUT2D eigenvalue weighted by molar-refractivity contribution is 5.83. The zero-order valence-corrected chi connectivity index (χ0v) is 14.2. The molecular weight excluding hydrogens is 327 g/mol. The molecule has 0 aliphatic heterocycles. The molecule has 1 heterocycles. The van der Waals surface area contributed by atoms with Crippen LogP contribution in [0.3, 0.4) is 0 Å². The van der Waals surface area contributed by atoms with Gasteiger partial charge in [-0.1, -0.05) is 48.5 Å². The average Bonchev–Trinajstić information content (AvgIpc) is 3.49. The maximum Gasteiger partial charge on any atom is 0.224 e. The van der Waals surface area contributed by atoms with E-state index in [2.05, 4.69) is 10.3 Å². The van der Waals surface area contributed by atoms with Gasteiger partial charge in [-0.25, -0.2) is 4.39 Å². The molecule has 4 rings (SSSR count). The molecule has 1 fully saturated rings. The van der Waals surface area contributed by atoms with E-state index < -0.39 is 0 Å². The summed E-state index contributed by atoms with van der Waals surface area (Å²) in [5.41, 5.74) is 2.82. The molecular formula is C22H19FN2O. The van der Waals surface area contributed by atoms with Crippen molar-refractivity contribution in [2.24, 2.45) is 5.92 Å². The van der Waals surface area contributed by atoms with Crippen LogP contribution in [0.5, 0.6) is 0 Å². The molecule has 1 aliphatic rings. The van der Waals surface area contributed by atoms with Crippen molar-refractivity contribution < 1.29 is 9.18 Å². The summed E-state index contributed by atoms with van der Waals surface area (Å²) in [6, 6.07) is 21.7. The number of amides is 1. The minimum Gasteiger partial charge on any atom is -0.343 e. The Morgan fingerprint density at radius 1 is 1.00 bits per heavy atom. The number of halogens is 1. The molecule has 130 valence electrons. The van der Waals surface area contributed by atoms with Gasteiger partial charge in [0.1, 0.15) is 5.82 Å². The van der Waals surface area contributed by atoms with Crippen LogP contribution in [0.1, 0.15) is 35.2 Å². The molecule has 1 N–H and O–H groups in total. The number of nitrogens with zero attached hydrogens (tertiary/aromatic N) is 1. The first-order valence-electron chi connectivity index (χ1n) is 8.74. The molecule has 0 saturated heterocycles. The molecule has 26 heavy (non-hydrogen) atoms. The summed E-state index contributed by atoms with van der Waals surface area (Å²) in [4.78, 5) is 17.2. The number of carbonyl (C=O) groups excluding carboxylic acids is 1. The molecule has 1 aromatic heterocycles. The number of carbonyl (C=O) groups is 1. The molecule has 1 aliphatic carbocycles. The number of pyridine rings is 1. The molecule has 0 bridgehead atoms. The minimum atomic E-state index is -0.278. The normalized spacial score (nSPS) is 19.6. The Kier molecular flexibility index (Phi) is 4.48. The Morgan fingerprint density at radius 2 is 1.73 bits per heavy atom. The summed E-state index contributed by atoms with van der Waals surface area (Å²) in [5.74, 6) is -0.153. The van der Waals surface area contributed by atoms with Gasteiger partial charge >= 0.3 is 0 Å². The first-order valence-corrected chi connectivity index (χ1v) is 8.74. The highest BCUT2D eigenvalue weighted by Crippen LogP contribution is 2.47. The number of hydrogen-bond donors (Lipinski definition) is 1. The molecule has 2 aromatic carbocycles. The Hall–Kier alpha value is -3.01. The van der Waals surface area contributed by atoms with Gasteiger partial charge in [0, 0.05) is 12.1 Å². The molecule has 3 aromatic rings. The predicted octanol–water partition coefficient (Wildman–Crippen LogP) is 4.23. The fourth-order valence-electron chi connectivity index (χ4n) is 3.33. The third kappa shape index (κ3) is 3.49. The summed E-state index contributed by atoms with van der Waals surface area (Å²) in [6.07, 6.45) is 2.52. The maximum atomic E-state index is 13.1. The van der Waals surface area contributed by atoms with Gasteiger partial charge in [-0.3, -0.25) is 9.78 Å². The number of nitrogens with one attached hydrogen (secondary N) is 1. The molecule has 1 saturated carbocycles. The fraction of sp³-hybridized carbons (Fsp3) is 0.182. The SMILES string of the molecule is O=C(N[C@H](c1ccccc1)c1ccccn1)[C@@H]1C[C@@H]1c1ccc(F)cc1. The topological polar surface area (TPSA) is 42.0 Å². The number of benzene rings is 2. The average molecular weight is 346 g/mol. The van der Waals surface area contributed by atoms with Gasteiger partial charge in [0.05, 0.1) is 11.7 Å². The van der Waals surface area contributed by atoms with Gasteiger partial charge < -0.3 is 5.32 Å². The van der Waals surface area contributed by atoms with Crippen LogP contribution >= 0.6 is 0 Å². The van der Waals surface area contributed by atoms with Gasteiger partial charge in [0.2, 0.25) is 5.91 Å². The lowest BCUT2D eigenvalue weighted by atomic mass is 10.0. The second kappa shape index (κ2) is 7.08. The van der Waals surface area contributed by atoms with Crippen LogP contribution in [0.15, 0.2) is 79.0 Å². The van der Waals surface area contributed by atoms with E-state index in [9.17, 15) is 9.18 Å². The van der Waals surface area contributed by atoms with Crippen molar-refractivity contribution in [3.05, 3.63) is 102 Å². The first kappa shape index (κ1) is 16.5. The lowest BCUT2D eigenvalue weighted by molar-refractivity contribution is -0.122. The van der Waals surface area contributed by atoms with Crippen LogP contribution in [0.2, 0.25) is 0 Å². The van der Waals surface area contributed by atoms with Crippen LogP contribution in [0, 0.1) is 11.7 Å². The molecule has 1 amide bonds. The second-order valence-electron chi connectivity index (χ2n) is 6.61. The van der Waals surface area contributed by atoms with Gasteiger partial charge in [0.25, 0.3) is 0 Å². The highest BCUT2D eigenvalue weighted by Gasteiger charge is 2.44. The smallest absolute Gasteiger partial charge is 0.224 e. The summed E-state index contributed by atoms with van der Waals surface area (Å²) >= 11 is 0. The number of rotatable bonds is 5. The van der Waals surface area contributed by atoms with Crippen molar-refractivity contribution in [1.82, 2.24) is 10.3 Å². The second-order valence-corrected chi connectivity index (χ2v) is 6.61. The highest BCUT2D eigenvalue weighted by atomic mass is 19.1. The minimum absolute atomic E-state index is 0.0128. The standard InChI is InChI=1S/C22H19FN2O/c23-17-11-9-15(10-12-17)18-14-19(18)22(26)25-21(16-6-2-1-3-7-16)20-8-4-5-13-24-20/h1-13,18-19,21H,14H2,(H,25,26)/t18-,19-,21-/m1/s1. The number of aromatic nitrogens is 1. The van der Waals surface area contributed by atoms with Crippen molar-refractivity contribution in [1.29, 1.82) is 0 Å². The zero-order valence-electron chi connectivity index (χ0n) is 14.2. The van der Waals surface area contributed by atoms with Crippen molar-refractivity contribution in [2.75, 3.05) is 0 Å². The predicted molar refractivity (Wildman–Crippen MR) is 97.9 cm³/mol. The van der Waals surface area contributed by atoms with E-state index >= 15 is 0 Å². The van der Waals surface area contributed by atoms with E-state index in [-0.39, 0.29) is 29.6 Å². The molecule has 0 spiro atoms. The quantitative estimate of drug-likeness (QED) is 0.751. The number of hydrogen-bond acceptors (Lipinski definition) is 2. The van der Waals surface area contributed by atoms with E-state index in [0.29, 0.717) is 0 Å². The molecule has 4 heteroatoms. The summed E-state index contributed by atoms with van der Waals surface area (Å²) in [7, 11) is 0. The zero-order chi connectivity index (χ0) is 17.9. The summed E-state index contributed by atoms with van der Waals surface area (Å²) in [6.45, 7) is 0. The van der Waals surface area contributed by atoms with Crippen LogP contribution in [-0.2, 0) is 4.79 Å². The van der Waals surface area contributed by atoms with Crippen molar-refractivity contribution in [2.45, 2.75) is 18.4 Å². The van der Waals surface area contributed by atoms with Crippen molar-refractivity contribution >= 4 is 5.91 Å². The largest absolute Gasteiger partial charge is 0.343 e. The summed E-state index contributed by atoms with van der Waals surface area (Å²) < 4.78 is 13.1. The van der Waals surface area contributed by atoms with Crippen LogP contribution < -0.4 is 5.32 Å². The Bertz CT molecular complexity index is 842. The first-order chi connectivity index (χ1) is 12.7. The van der Waals surface area contributed by atoms with E-state index in [1.165, 1.54) is 12.1 Å². The lowest BCUT2D eigenvalue weighted by Crippen LogP contribution is -2.31. The van der Waals surface area contributed by atoms with Gasteiger partial charge in [0.15, 0.2) is 0 Å². The lowest BCUT2D eigenvalue weighted by Gasteiger charge is -2.19. The van der Waals surface area contributed by atoms with Crippen LogP contribution in [0.4, 0.5) is 4.39 Å². The Balaban J connectivity index is 1.51. The molecule has 3 nitrogen and oxygen atoms in total. The maximum absolute atomic E-state index is 13.1. The van der Waals surface area contributed by atoms with Crippen LogP contribution in [0.25, 0.3) is 0 Å². The van der Waals surface area contributed by atoms with Gasteiger partial charge in [-0.05, 0) is 47.7 Å². The monoisotopic (exact) mass is 346 g/mol. The van der Waals surface area contributed by atoms with Gasteiger partial charge in [-0.2, -0.15) is 0 Å². The molecule has 3 atom stereocenters. The third-order valence-corrected chi connectivity index (χ3v) is 4.83. The van der Waals surface area contributed by atoms with E-state index in [0.717, 1.165) is 23.2 Å². The van der Waals surface area contributed by atoms with Crippen molar-refractivity contribution in [3.63, 3.8) is 0 Å². The van der Waals surface area contributed by atoms with Crippen molar-refractivity contribution in [3.8, 4) is 0 Å².